The number of carbonyl (C=O) groups is 1. The molecule has 0 aliphatic carbocycles. The lowest BCUT2D eigenvalue weighted by atomic mass is 10.1. The molecular formula is C17H14BrNO2. The van der Waals surface area contributed by atoms with E-state index in [1.54, 1.807) is 4.57 Å². The molecule has 3 aromatic rings. The van der Waals surface area contributed by atoms with E-state index in [1.165, 1.54) is 6.92 Å². The Hall–Kier alpha value is -2.07. The first kappa shape index (κ1) is 13.9. The third kappa shape index (κ3) is 2.36. The fraction of sp³-hybridized carbons (Fsp3) is 0.118. The van der Waals surface area contributed by atoms with Gasteiger partial charge in [-0.05, 0) is 34.5 Å². The summed E-state index contributed by atoms with van der Waals surface area (Å²) in [5, 5.41) is 11.3. The molecule has 0 bridgehead atoms. The fourth-order valence-electron chi connectivity index (χ4n) is 2.62. The van der Waals surface area contributed by atoms with Crippen LogP contribution in [0.5, 0.6) is 5.88 Å². The van der Waals surface area contributed by atoms with Crippen molar-refractivity contribution in [1.29, 1.82) is 0 Å². The molecule has 21 heavy (non-hydrogen) atoms. The van der Waals surface area contributed by atoms with E-state index < -0.39 is 0 Å². The Kier molecular flexibility index (Phi) is 3.55. The van der Waals surface area contributed by atoms with E-state index in [0.717, 1.165) is 20.9 Å². The highest BCUT2D eigenvalue weighted by molar-refractivity contribution is 9.10. The van der Waals surface area contributed by atoms with Crippen LogP contribution in [0.2, 0.25) is 0 Å². The Morgan fingerprint density at radius 2 is 1.86 bits per heavy atom. The van der Waals surface area contributed by atoms with Gasteiger partial charge in [-0.3, -0.25) is 4.79 Å². The van der Waals surface area contributed by atoms with Gasteiger partial charge in [-0.2, -0.15) is 0 Å². The van der Waals surface area contributed by atoms with Crippen molar-refractivity contribution in [2.24, 2.45) is 0 Å². The number of aromatic nitrogens is 1. The minimum absolute atomic E-state index is 0.0215. The summed E-state index contributed by atoms with van der Waals surface area (Å²) in [5.41, 5.74) is 2.28. The quantitative estimate of drug-likeness (QED) is 0.718. The van der Waals surface area contributed by atoms with Gasteiger partial charge in [-0.15, -0.1) is 0 Å². The first-order valence-corrected chi connectivity index (χ1v) is 7.43. The summed E-state index contributed by atoms with van der Waals surface area (Å²) in [6.45, 7) is 1.99. The lowest BCUT2D eigenvalue weighted by Crippen LogP contribution is -2.00. The molecule has 0 amide bonds. The highest BCUT2D eigenvalue weighted by Crippen LogP contribution is 2.36. The first-order valence-electron chi connectivity index (χ1n) is 6.64. The van der Waals surface area contributed by atoms with E-state index in [4.69, 9.17) is 0 Å². The second-order valence-corrected chi connectivity index (χ2v) is 5.82. The Morgan fingerprint density at radius 3 is 2.52 bits per heavy atom. The molecule has 4 heteroatoms. The number of nitrogens with zero attached hydrogens (tertiary/aromatic N) is 1. The van der Waals surface area contributed by atoms with Crippen LogP contribution >= 0.6 is 15.9 Å². The zero-order valence-corrected chi connectivity index (χ0v) is 13.1. The molecule has 0 unspecified atom stereocenters. The summed E-state index contributed by atoms with van der Waals surface area (Å²) in [5.74, 6) is -0.115. The third-order valence-corrected chi connectivity index (χ3v) is 4.18. The molecule has 3 rings (SSSR count). The van der Waals surface area contributed by atoms with Crippen molar-refractivity contribution in [1.82, 2.24) is 4.57 Å². The normalized spacial score (nSPS) is 11.0. The van der Waals surface area contributed by atoms with Crippen molar-refractivity contribution in [3.8, 4) is 5.88 Å². The van der Waals surface area contributed by atoms with Crippen molar-refractivity contribution in [2.75, 3.05) is 0 Å². The molecule has 2 aromatic carbocycles. The summed E-state index contributed by atoms with van der Waals surface area (Å²) >= 11 is 3.51. The monoisotopic (exact) mass is 343 g/mol. The number of para-hydroxylation sites is 1. The van der Waals surface area contributed by atoms with Crippen LogP contribution in [-0.4, -0.2) is 15.5 Å². The van der Waals surface area contributed by atoms with E-state index in [1.807, 2.05) is 48.5 Å². The van der Waals surface area contributed by atoms with Crippen molar-refractivity contribution in [2.45, 2.75) is 13.5 Å². The lowest BCUT2D eigenvalue weighted by Gasteiger charge is -2.08. The Bertz CT molecular complexity index is 822. The van der Waals surface area contributed by atoms with E-state index in [-0.39, 0.29) is 11.7 Å². The van der Waals surface area contributed by atoms with Crippen LogP contribution in [0.25, 0.3) is 10.9 Å². The minimum atomic E-state index is -0.137. The second-order valence-electron chi connectivity index (χ2n) is 4.96. The van der Waals surface area contributed by atoms with Crippen LogP contribution in [0.3, 0.4) is 0 Å². The van der Waals surface area contributed by atoms with Crippen LogP contribution in [0.4, 0.5) is 0 Å². The molecule has 0 aliphatic heterocycles. The molecule has 0 saturated heterocycles. The van der Waals surface area contributed by atoms with Crippen molar-refractivity contribution < 1.29 is 9.90 Å². The lowest BCUT2D eigenvalue weighted by molar-refractivity contribution is 0.101. The number of fused-ring (bicyclic) bond motifs is 1. The zero-order chi connectivity index (χ0) is 15.0. The number of carbonyl (C=O) groups excluding carboxylic acids is 1. The Labute approximate surface area is 131 Å². The van der Waals surface area contributed by atoms with Gasteiger partial charge in [0.25, 0.3) is 0 Å². The zero-order valence-electron chi connectivity index (χ0n) is 11.5. The maximum absolute atomic E-state index is 11.9. The molecule has 1 N–H and O–H groups in total. The maximum atomic E-state index is 11.9. The van der Waals surface area contributed by atoms with Crippen molar-refractivity contribution in [3.05, 3.63) is 64.1 Å². The van der Waals surface area contributed by atoms with Gasteiger partial charge in [0.2, 0.25) is 5.88 Å². The topological polar surface area (TPSA) is 42.2 Å². The van der Waals surface area contributed by atoms with Gasteiger partial charge in [-0.25, -0.2) is 0 Å². The average Bonchev–Trinajstić information content (AvgIpc) is 2.74. The molecule has 0 saturated carbocycles. The fourth-order valence-corrected chi connectivity index (χ4v) is 3.20. The molecule has 3 nitrogen and oxygen atoms in total. The maximum Gasteiger partial charge on any atom is 0.203 e. The van der Waals surface area contributed by atoms with Gasteiger partial charge >= 0.3 is 0 Å². The summed E-state index contributed by atoms with van der Waals surface area (Å²) in [7, 11) is 0. The largest absolute Gasteiger partial charge is 0.494 e. The molecule has 0 fully saturated rings. The number of rotatable bonds is 3. The van der Waals surface area contributed by atoms with Crippen LogP contribution in [0.1, 0.15) is 22.8 Å². The van der Waals surface area contributed by atoms with Gasteiger partial charge in [0.05, 0.1) is 17.6 Å². The van der Waals surface area contributed by atoms with Gasteiger partial charge in [0.15, 0.2) is 5.78 Å². The van der Waals surface area contributed by atoms with Gasteiger partial charge < -0.3 is 9.67 Å². The van der Waals surface area contributed by atoms with Crippen LogP contribution in [0, 0.1) is 0 Å². The number of benzene rings is 2. The Balaban J connectivity index is 2.27. The van der Waals surface area contributed by atoms with Gasteiger partial charge in [0, 0.05) is 9.86 Å². The molecule has 0 aliphatic rings. The van der Waals surface area contributed by atoms with Crippen LogP contribution in [-0.2, 0) is 6.54 Å². The van der Waals surface area contributed by atoms with Gasteiger partial charge in [-0.1, -0.05) is 42.5 Å². The van der Waals surface area contributed by atoms with E-state index in [2.05, 4.69) is 15.9 Å². The van der Waals surface area contributed by atoms with Crippen LogP contribution in [0.15, 0.2) is 53.0 Å². The summed E-state index contributed by atoms with van der Waals surface area (Å²) in [4.78, 5) is 11.9. The Morgan fingerprint density at radius 1 is 1.14 bits per heavy atom. The summed E-state index contributed by atoms with van der Waals surface area (Å²) < 4.78 is 2.63. The second kappa shape index (κ2) is 5.37. The highest BCUT2D eigenvalue weighted by Gasteiger charge is 2.21. The van der Waals surface area contributed by atoms with E-state index in [9.17, 15) is 9.90 Å². The molecule has 106 valence electrons. The molecule has 0 spiro atoms. The highest BCUT2D eigenvalue weighted by atomic mass is 79.9. The molecule has 1 aromatic heterocycles. The number of ketones is 1. The molecular weight excluding hydrogens is 330 g/mol. The number of aromatic hydroxyl groups is 1. The minimum Gasteiger partial charge on any atom is -0.494 e. The summed E-state index contributed by atoms with van der Waals surface area (Å²) in [6.07, 6.45) is 0. The number of Topliss-reactive ketones (excluding diaryl/α,β-unsaturated/α-hetero) is 1. The third-order valence-electron chi connectivity index (χ3n) is 3.54. The number of hydrogen-bond donors (Lipinski definition) is 1. The van der Waals surface area contributed by atoms with Crippen LogP contribution < -0.4 is 0 Å². The SMILES string of the molecule is CC(=O)c1c(O)n(Cc2ccccc2)c2c(Br)cccc12. The van der Waals surface area contributed by atoms with Crippen molar-refractivity contribution >= 4 is 32.6 Å². The average molecular weight is 344 g/mol. The smallest absolute Gasteiger partial charge is 0.203 e. The van der Waals surface area contributed by atoms with E-state index >= 15 is 0 Å². The molecule has 0 radical (unpaired) electrons. The first-order chi connectivity index (χ1) is 10.1. The van der Waals surface area contributed by atoms with E-state index in [0.29, 0.717) is 12.1 Å². The predicted octanol–water partition coefficient (Wildman–Crippen LogP) is 4.36. The van der Waals surface area contributed by atoms with Crippen molar-refractivity contribution in [3.63, 3.8) is 0 Å². The summed E-state index contributed by atoms with van der Waals surface area (Å²) in [6, 6.07) is 15.5. The predicted molar refractivity (Wildman–Crippen MR) is 86.9 cm³/mol. The number of halogens is 1. The standard InChI is InChI=1S/C17H14BrNO2/c1-11(20)15-13-8-5-9-14(18)16(13)19(17(15)21)10-12-6-3-2-4-7-12/h2-9,21H,10H2,1H3. The molecule has 0 atom stereocenters. The molecule has 1 heterocycles. The van der Waals surface area contributed by atoms with Gasteiger partial charge in [0.1, 0.15) is 0 Å². The number of hydrogen-bond acceptors (Lipinski definition) is 2.